The molecule has 5 rings (SSSR count). The van der Waals surface area contributed by atoms with Crippen molar-refractivity contribution in [3.05, 3.63) is 135 Å². The van der Waals surface area contributed by atoms with E-state index in [1.54, 1.807) is 60.7 Å². The van der Waals surface area contributed by atoms with Gasteiger partial charge in [-0.15, -0.1) is 5.10 Å². The predicted octanol–water partition coefficient (Wildman–Crippen LogP) is 6.99. The first kappa shape index (κ1) is 32.9. The van der Waals surface area contributed by atoms with Gasteiger partial charge in [0, 0.05) is 16.5 Å². The van der Waals surface area contributed by atoms with E-state index in [0.717, 1.165) is 17.2 Å². The van der Waals surface area contributed by atoms with Gasteiger partial charge in [0.2, 0.25) is 0 Å². The number of para-hydroxylation sites is 1. The van der Waals surface area contributed by atoms with Gasteiger partial charge in [0.1, 0.15) is 5.82 Å². The number of aryl methyl sites for hydroxylation is 1. The van der Waals surface area contributed by atoms with Gasteiger partial charge in [-0.05, 0) is 63.8 Å². The van der Waals surface area contributed by atoms with E-state index in [2.05, 4.69) is 25.8 Å². The number of aromatic nitrogens is 3. The van der Waals surface area contributed by atoms with Gasteiger partial charge in [-0.25, -0.2) is 17.9 Å². The summed E-state index contributed by atoms with van der Waals surface area (Å²) in [7, 11) is -4.28. The number of amides is 1. The molecule has 4 aromatic carbocycles. The first-order valence-electron chi connectivity index (χ1n) is 14.3. The first-order chi connectivity index (χ1) is 21.9. The topological polar surface area (TPSA) is 103 Å². The summed E-state index contributed by atoms with van der Waals surface area (Å²) < 4.78 is 72.6. The summed E-state index contributed by atoms with van der Waals surface area (Å²) in [6.45, 7) is 2.00. The van der Waals surface area contributed by atoms with Crippen molar-refractivity contribution >= 4 is 31.9 Å². The van der Waals surface area contributed by atoms with Crippen LogP contribution in [0.15, 0.2) is 111 Å². The van der Waals surface area contributed by atoms with Crippen LogP contribution in [-0.2, 0) is 29.2 Å². The fraction of sp³-hybridized carbons (Fsp3) is 0.182. The highest BCUT2D eigenvalue weighted by Gasteiger charge is 2.35. The van der Waals surface area contributed by atoms with Crippen LogP contribution in [0.5, 0.6) is 0 Å². The van der Waals surface area contributed by atoms with E-state index in [-0.39, 0.29) is 22.7 Å². The minimum Gasteiger partial charge on any atom is -0.274 e. The molecule has 1 N–H and O–H groups in total. The monoisotopic (exact) mass is 712 g/mol. The van der Waals surface area contributed by atoms with E-state index in [4.69, 9.17) is 0 Å². The lowest BCUT2D eigenvalue weighted by Gasteiger charge is -2.13. The number of alkyl halides is 3. The SMILES string of the molecule is CCCCc1nn(-c2ccccc2C(F)(F)F)c(=O)n1Cc1ccc(-c2ccccc2S(=O)(=O)NC(=O)c2ccccc2Br)cc1. The van der Waals surface area contributed by atoms with E-state index in [0.29, 0.717) is 39.8 Å². The van der Waals surface area contributed by atoms with E-state index >= 15 is 0 Å². The fourth-order valence-corrected chi connectivity index (χ4v) is 6.62. The van der Waals surface area contributed by atoms with Gasteiger partial charge in [0.25, 0.3) is 15.9 Å². The van der Waals surface area contributed by atoms with E-state index in [1.807, 2.05) is 6.92 Å². The molecule has 0 aliphatic heterocycles. The number of rotatable bonds is 10. The van der Waals surface area contributed by atoms with Crippen LogP contribution in [0.3, 0.4) is 0 Å². The standard InChI is InChI=1S/C33H28BrF3N4O4S/c1-2-3-16-30-38-41(28-14-8-6-12-26(28)33(35,36)37)32(43)40(30)21-22-17-19-23(20-18-22)24-10-5-9-15-29(24)46(44,45)39-31(42)25-11-4-7-13-27(25)34/h4-15,17-20H,2-3,16,21H2,1H3,(H,39,42). The molecule has 0 aliphatic carbocycles. The fourth-order valence-electron chi connectivity index (χ4n) is 4.96. The maximum absolute atomic E-state index is 13.7. The predicted molar refractivity (Wildman–Crippen MR) is 171 cm³/mol. The number of unbranched alkanes of at least 4 members (excludes halogenated alkanes) is 1. The number of carbonyl (C=O) groups is 1. The lowest BCUT2D eigenvalue weighted by atomic mass is 10.0. The van der Waals surface area contributed by atoms with Crippen molar-refractivity contribution in [3.63, 3.8) is 0 Å². The van der Waals surface area contributed by atoms with Gasteiger partial charge in [0.05, 0.1) is 28.3 Å². The third-order valence-corrected chi connectivity index (χ3v) is 9.34. The average molecular weight is 714 g/mol. The molecule has 0 atom stereocenters. The highest BCUT2D eigenvalue weighted by atomic mass is 79.9. The van der Waals surface area contributed by atoms with Gasteiger partial charge >= 0.3 is 11.9 Å². The molecule has 0 spiro atoms. The van der Waals surface area contributed by atoms with Crippen LogP contribution in [0.2, 0.25) is 0 Å². The summed E-state index contributed by atoms with van der Waals surface area (Å²) in [6, 6.07) is 24.3. The molecule has 1 aromatic heterocycles. The van der Waals surface area contributed by atoms with Crippen LogP contribution in [-0.4, -0.2) is 28.7 Å². The third kappa shape index (κ3) is 7.00. The largest absolute Gasteiger partial charge is 0.418 e. The molecule has 46 heavy (non-hydrogen) atoms. The second-order valence-electron chi connectivity index (χ2n) is 10.4. The molecule has 0 aliphatic rings. The van der Waals surface area contributed by atoms with Crippen LogP contribution in [0, 0.1) is 0 Å². The molecule has 238 valence electrons. The highest BCUT2D eigenvalue weighted by molar-refractivity contribution is 9.10. The van der Waals surface area contributed by atoms with Crippen molar-refractivity contribution in [1.82, 2.24) is 19.1 Å². The van der Waals surface area contributed by atoms with Crippen molar-refractivity contribution < 1.29 is 26.4 Å². The van der Waals surface area contributed by atoms with Crippen molar-refractivity contribution in [3.8, 4) is 16.8 Å². The normalized spacial score (nSPS) is 11.8. The molecule has 13 heteroatoms. The second-order valence-corrected chi connectivity index (χ2v) is 12.9. The van der Waals surface area contributed by atoms with Crippen LogP contribution >= 0.6 is 15.9 Å². The van der Waals surface area contributed by atoms with Crippen LogP contribution < -0.4 is 10.4 Å². The van der Waals surface area contributed by atoms with Crippen molar-refractivity contribution in [2.24, 2.45) is 0 Å². The number of hydrogen-bond donors (Lipinski definition) is 1. The Morgan fingerprint density at radius 3 is 2.26 bits per heavy atom. The lowest BCUT2D eigenvalue weighted by Crippen LogP contribution is -2.31. The smallest absolute Gasteiger partial charge is 0.274 e. The van der Waals surface area contributed by atoms with Crippen molar-refractivity contribution in [2.45, 2.75) is 43.8 Å². The molecule has 1 heterocycles. The van der Waals surface area contributed by atoms with Gasteiger partial charge in [-0.1, -0.05) is 80.1 Å². The molecule has 0 bridgehead atoms. The summed E-state index contributed by atoms with van der Waals surface area (Å²) in [4.78, 5) is 26.2. The summed E-state index contributed by atoms with van der Waals surface area (Å²) in [5.74, 6) is -0.439. The Labute approximate surface area is 271 Å². The zero-order valence-corrected chi connectivity index (χ0v) is 26.9. The number of sulfonamides is 1. The Morgan fingerprint density at radius 2 is 1.57 bits per heavy atom. The molecule has 5 aromatic rings. The Morgan fingerprint density at radius 1 is 0.913 bits per heavy atom. The van der Waals surface area contributed by atoms with Gasteiger partial charge < -0.3 is 0 Å². The molecular formula is C33H28BrF3N4O4S. The average Bonchev–Trinajstić information content (AvgIpc) is 3.34. The molecule has 0 fully saturated rings. The molecular weight excluding hydrogens is 685 g/mol. The Hall–Kier alpha value is -4.49. The molecule has 1 amide bonds. The Bertz CT molecular complexity index is 2060. The number of benzene rings is 4. The Kier molecular flexibility index (Phi) is 9.63. The zero-order valence-electron chi connectivity index (χ0n) is 24.5. The second kappa shape index (κ2) is 13.5. The Balaban J connectivity index is 1.45. The first-order valence-corrected chi connectivity index (χ1v) is 16.5. The summed E-state index contributed by atoms with van der Waals surface area (Å²) in [5, 5.41) is 4.31. The lowest BCUT2D eigenvalue weighted by molar-refractivity contribution is -0.137. The maximum atomic E-state index is 13.7. The minimum atomic E-state index is -4.68. The molecule has 8 nitrogen and oxygen atoms in total. The quantitative estimate of drug-likeness (QED) is 0.168. The molecule has 0 saturated heterocycles. The minimum absolute atomic E-state index is 0.0360. The van der Waals surface area contributed by atoms with Crippen molar-refractivity contribution in [1.29, 1.82) is 0 Å². The van der Waals surface area contributed by atoms with Gasteiger partial charge in [-0.3, -0.25) is 9.36 Å². The molecule has 0 radical (unpaired) electrons. The van der Waals surface area contributed by atoms with Gasteiger partial charge in [0.15, 0.2) is 0 Å². The number of hydrogen-bond acceptors (Lipinski definition) is 5. The van der Waals surface area contributed by atoms with Crippen LogP contribution in [0.1, 0.15) is 47.1 Å². The maximum Gasteiger partial charge on any atom is 0.418 e. The molecule has 0 unspecified atom stereocenters. The van der Waals surface area contributed by atoms with Crippen LogP contribution in [0.25, 0.3) is 16.8 Å². The van der Waals surface area contributed by atoms with E-state index in [1.165, 1.54) is 34.9 Å². The molecule has 0 saturated carbocycles. The summed E-state index contributed by atoms with van der Waals surface area (Å²) in [5.41, 5.74) is -0.332. The van der Waals surface area contributed by atoms with Gasteiger partial charge in [-0.2, -0.15) is 17.9 Å². The summed E-state index contributed by atoms with van der Waals surface area (Å²) >= 11 is 3.26. The van der Waals surface area contributed by atoms with E-state index < -0.39 is 33.4 Å². The number of halogens is 4. The number of carbonyl (C=O) groups excluding carboxylic acids is 1. The zero-order chi connectivity index (χ0) is 33.1. The van der Waals surface area contributed by atoms with Crippen LogP contribution in [0.4, 0.5) is 13.2 Å². The number of nitrogens with zero attached hydrogens (tertiary/aromatic N) is 3. The third-order valence-electron chi connectivity index (χ3n) is 7.26. The number of nitrogens with one attached hydrogen (secondary N) is 1. The summed E-state index contributed by atoms with van der Waals surface area (Å²) in [6.07, 6.45) is -2.81. The van der Waals surface area contributed by atoms with Crippen molar-refractivity contribution in [2.75, 3.05) is 0 Å². The van der Waals surface area contributed by atoms with E-state index in [9.17, 15) is 31.2 Å². The highest BCUT2D eigenvalue weighted by Crippen LogP contribution is 2.33.